The van der Waals surface area contributed by atoms with E-state index in [4.69, 9.17) is 4.74 Å². The third kappa shape index (κ3) is 4.81. The first kappa shape index (κ1) is 15.8. The zero-order valence-corrected chi connectivity index (χ0v) is 11.7. The van der Waals surface area contributed by atoms with Gasteiger partial charge < -0.3 is 20.1 Å². The quantitative estimate of drug-likeness (QED) is 0.528. The fourth-order valence-corrected chi connectivity index (χ4v) is 1.36. The normalized spacial score (nSPS) is 11.6. The van der Waals surface area contributed by atoms with Crippen LogP contribution in [0.3, 0.4) is 0 Å². The van der Waals surface area contributed by atoms with Crippen molar-refractivity contribution in [2.45, 2.75) is 13.0 Å². The molecule has 0 saturated carbocycles. The maximum absolute atomic E-state index is 11.7. The predicted molar refractivity (Wildman–Crippen MR) is 71.3 cm³/mol. The van der Waals surface area contributed by atoms with E-state index in [2.05, 4.69) is 25.3 Å². The van der Waals surface area contributed by atoms with Crippen LogP contribution in [0.1, 0.15) is 17.4 Å². The summed E-state index contributed by atoms with van der Waals surface area (Å²) >= 11 is 0. The van der Waals surface area contributed by atoms with Crippen LogP contribution in [0.15, 0.2) is 12.4 Å². The maximum Gasteiger partial charge on any atom is 0.358 e. The van der Waals surface area contributed by atoms with E-state index in [1.165, 1.54) is 19.5 Å². The van der Waals surface area contributed by atoms with Gasteiger partial charge >= 0.3 is 5.97 Å². The first-order chi connectivity index (χ1) is 9.58. The standard InChI is InChI=1S/C12H18N4O4/c1-8(11(17)14-4-5-19-2)15-10-7-13-6-9(16-10)12(18)20-3/h6-8H,4-5H2,1-3H3,(H,14,17)(H,15,16). The van der Waals surface area contributed by atoms with Crippen LogP contribution < -0.4 is 10.6 Å². The highest BCUT2D eigenvalue weighted by Crippen LogP contribution is 2.05. The van der Waals surface area contributed by atoms with Crippen LogP contribution in [0, 0.1) is 0 Å². The van der Waals surface area contributed by atoms with Gasteiger partial charge in [0, 0.05) is 13.7 Å². The zero-order chi connectivity index (χ0) is 15.0. The van der Waals surface area contributed by atoms with Gasteiger partial charge in [-0.15, -0.1) is 0 Å². The van der Waals surface area contributed by atoms with Crippen LogP contribution in [0.5, 0.6) is 0 Å². The molecule has 0 bridgehead atoms. The van der Waals surface area contributed by atoms with Gasteiger partial charge in [-0.25, -0.2) is 9.78 Å². The summed E-state index contributed by atoms with van der Waals surface area (Å²) < 4.78 is 9.38. The van der Waals surface area contributed by atoms with Crippen molar-refractivity contribution in [3.8, 4) is 0 Å². The van der Waals surface area contributed by atoms with Crippen molar-refractivity contribution < 1.29 is 19.1 Å². The molecule has 1 heterocycles. The Labute approximate surface area is 116 Å². The van der Waals surface area contributed by atoms with Crippen LogP contribution in [0.4, 0.5) is 5.82 Å². The number of esters is 1. The molecule has 0 aliphatic rings. The molecule has 8 nitrogen and oxygen atoms in total. The fourth-order valence-electron chi connectivity index (χ4n) is 1.36. The Kier molecular flexibility index (Phi) is 6.38. The van der Waals surface area contributed by atoms with Crippen molar-refractivity contribution in [3.05, 3.63) is 18.1 Å². The molecule has 0 aromatic carbocycles. The molecule has 1 rings (SSSR count). The van der Waals surface area contributed by atoms with Crippen LogP contribution >= 0.6 is 0 Å². The molecule has 0 saturated heterocycles. The Balaban J connectivity index is 2.59. The third-order valence-corrected chi connectivity index (χ3v) is 2.39. The minimum atomic E-state index is -0.585. The van der Waals surface area contributed by atoms with E-state index in [-0.39, 0.29) is 11.6 Å². The average Bonchev–Trinajstić information content (AvgIpc) is 2.46. The van der Waals surface area contributed by atoms with Crippen molar-refractivity contribution in [2.24, 2.45) is 0 Å². The van der Waals surface area contributed by atoms with Crippen molar-refractivity contribution in [1.29, 1.82) is 0 Å². The summed E-state index contributed by atoms with van der Waals surface area (Å²) in [6, 6.07) is -0.519. The molecular formula is C12H18N4O4. The summed E-state index contributed by atoms with van der Waals surface area (Å²) in [5.41, 5.74) is 0.0736. The summed E-state index contributed by atoms with van der Waals surface area (Å²) in [5, 5.41) is 5.54. The highest BCUT2D eigenvalue weighted by Gasteiger charge is 2.14. The first-order valence-corrected chi connectivity index (χ1v) is 6.02. The number of carbonyl (C=O) groups is 2. The first-order valence-electron chi connectivity index (χ1n) is 6.02. The average molecular weight is 282 g/mol. The second-order valence-corrected chi connectivity index (χ2v) is 3.93. The summed E-state index contributed by atoms with van der Waals surface area (Å²) in [6.07, 6.45) is 2.71. The van der Waals surface area contributed by atoms with Gasteiger partial charge in [0.2, 0.25) is 5.91 Å². The van der Waals surface area contributed by atoms with Gasteiger partial charge in [0.1, 0.15) is 11.9 Å². The Bertz CT molecular complexity index is 467. The molecule has 110 valence electrons. The van der Waals surface area contributed by atoms with Gasteiger partial charge in [-0.05, 0) is 6.92 Å². The van der Waals surface area contributed by atoms with Crippen molar-refractivity contribution in [2.75, 3.05) is 32.7 Å². The van der Waals surface area contributed by atoms with E-state index < -0.39 is 12.0 Å². The van der Waals surface area contributed by atoms with E-state index in [1.807, 2.05) is 0 Å². The van der Waals surface area contributed by atoms with E-state index in [9.17, 15) is 9.59 Å². The summed E-state index contributed by atoms with van der Waals surface area (Å²) in [4.78, 5) is 30.9. The molecule has 8 heteroatoms. The lowest BCUT2D eigenvalue weighted by Gasteiger charge is -2.14. The van der Waals surface area contributed by atoms with Crippen molar-refractivity contribution in [1.82, 2.24) is 15.3 Å². The maximum atomic E-state index is 11.7. The number of hydrogen-bond acceptors (Lipinski definition) is 7. The van der Waals surface area contributed by atoms with Gasteiger partial charge in [0.05, 0.1) is 26.1 Å². The molecule has 2 N–H and O–H groups in total. The van der Waals surface area contributed by atoms with E-state index in [0.29, 0.717) is 19.0 Å². The van der Waals surface area contributed by atoms with E-state index in [0.717, 1.165) is 0 Å². The van der Waals surface area contributed by atoms with Gasteiger partial charge in [0.25, 0.3) is 0 Å². The Morgan fingerprint density at radius 1 is 1.35 bits per heavy atom. The van der Waals surface area contributed by atoms with Gasteiger partial charge in [-0.2, -0.15) is 0 Å². The molecule has 1 atom stereocenters. The zero-order valence-electron chi connectivity index (χ0n) is 11.7. The predicted octanol–water partition coefficient (Wildman–Crippen LogP) is -0.174. The third-order valence-electron chi connectivity index (χ3n) is 2.39. The van der Waals surface area contributed by atoms with Gasteiger partial charge in [0.15, 0.2) is 5.69 Å². The molecular weight excluding hydrogens is 264 g/mol. The molecule has 0 spiro atoms. The largest absolute Gasteiger partial charge is 0.464 e. The minimum Gasteiger partial charge on any atom is -0.464 e. The van der Waals surface area contributed by atoms with Gasteiger partial charge in [-0.3, -0.25) is 9.78 Å². The number of hydrogen-bond donors (Lipinski definition) is 2. The highest BCUT2D eigenvalue weighted by molar-refractivity contribution is 5.87. The summed E-state index contributed by atoms with van der Waals surface area (Å²) in [5.74, 6) is -0.465. The molecule has 20 heavy (non-hydrogen) atoms. The molecule has 1 aromatic heterocycles. The number of carbonyl (C=O) groups excluding carboxylic acids is 2. The second kappa shape index (κ2) is 8.05. The van der Waals surface area contributed by atoms with Crippen LogP contribution in [-0.4, -0.2) is 55.3 Å². The number of rotatable bonds is 7. The highest BCUT2D eigenvalue weighted by atomic mass is 16.5. The van der Waals surface area contributed by atoms with E-state index >= 15 is 0 Å². The Morgan fingerprint density at radius 3 is 2.75 bits per heavy atom. The molecule has 1 unspecified atom stereocenters. The second-order valence-electron chi connectivity index (χ2n) is 3.93. The van der Waals surface area contributed by atoms with Crippen LogP contribution in [-0.2, 0) is 14.3 Å². The Morgan fingerprint density at radius 2 is 2.10 bits per heavy atom. The lowest BCUT2D eigenvalue weighted by molar-refractivity contribution is -0.121. The molecule has 1 aromatic rings. The lowest BCUT2D eigenvalue weighted by Crippen LogP contribution is -2.39. The lowest BCUT2D eigenvalue weighted by atomic mass is 10.3. The molecule has 0 aliphatic heterocycles. The molecule has 1 amide bonds. The van der Waals surface area contributed by atoms with Crippen molar-refractivity contribution in [3.63, 3.8) is 0 Å². The number of amides is 1. The topological polar surface area (TPSA) is 102 Å². The SMILES string of the molecule is COCCNC(=O)C(C)Nc1cncc(C(=O)OC)n1. The summed E-state index contributed by atoms with van der Waals surface area (Å²) in [7, 11) is 2.82. The van der Waals surface area contributed by atoms with Crippen molar-refractivity contribution >= 4 is 17.7 Å². The smallest absolute Gasteiger partial charge is 0.358 e. The monoisotopic (exact) mass is 282 g/mol. The minimum absolute atomic E-state index is 0.0736. The van der Waals surface area contributed by atoms with Gasteiger partial charge in [-0.1, -0.05) is 0 Å². The van der Waals surface area contributed by atoms with Crippen LogP contribution in [0.2, 0.25) is 0 Å². The number of anilines is 1. The molecule has 0 aliphatic carbocycles. The van der Waals surface area contributed by atoms with E-state index in [1.54, 1.807) is 14.0 Å². The Hall–Kier alpha value is -2.22. The van der Waals surface area contributed by atoms with Crippen LogP contribution in [0.25, 0.3) is 0 Å². The number of methoxy groups -OCH3 is 2. The number of nitrogens with one attached hydrogen (secondary N) is 2. The molecule has 0 fully saturated rings. The number of nitrogens with zero attached hydrogens (tertiary/aromatic N) is 2. The summed E-state index contributed by atoms with van der Waals surface area (Å²) in [6.45, 7) is 2.54. The fraction of sp³-hybridized carbons (Fsp3) is 0.500. The molecule has 0 radical (unpaired) electrons. The number of ether oxygens (including phenoxy) is 2. The number of aromatic nitrogens is 2.